The molecule has 19 heavy (non-hydrogen) atoms. The lowest BCUT2D eigenvalue weighted by molar-refractivity contribution is -0.384. The minimum absolute atomic E-state index is 0. The predicted octanol–water partition coefficient (Wildman–Crippen LogP) is 1.49. The minimum atomic E-state index is -0.390. The number of nitrogens with two attached hydrogens (primary N) is 1. The van der Waals surface area contributed by atoms with Crippen molar-refractivity contribution in [3.05, 3.63) is 16.3 Å². The van der Waals surface area contributed by atoms with Gasteiger partial charge in [-0.25, -0.2) is 4.68 Å². The van der Waals surface area contributed by atoms with Crippen molar-refractivity contribution in [2.45, 2.75) is 25.3 Å². The molecular formula is C10H19Cl2N5O2. The van der Waals surface area contributed by atoms with E-state index in [-0.39, 0.29) is 36.5 Å². The van der Waals surface area contributed by atoms with Crippen molar-refractivity contribution in [2.24, 2.45) is 12.8 Å². The third kappa shape index (κ3) is 3.95. The van der Waals surface area contributed by atoms with Crippen LogP contribution in [0.4, 0.5) is 11.5 Å². The Labute approximate surface area is 124 Å². The molecule has 0 radical (unpaired) electrons. The summed E-state index contributed by atoms with van der Waals surface area (Å²) >= 11 is 0. The lowest BCUT2D eigenvalue weighted by Crippen LogP contribution is -2.37. The van der Waals surface area contributed by atoms with Gasteiger partial charge in [0, 0.05) is 26.2 Å². The van der Waals surface area contributed by atoms with E-state index in [2.05, 4.69) is 5.10 Å². The molecule has 1 atom stereocenters. The van der Waals surface area contributed by atoms with Crippen LogP contribution in [-0.2, 0) is 7.05 Å². The highest BCUT2D eigenvalue weighted by molar-refractivity contribution is 5.85. The maximum Gasteiger partial charge on any atom is 0.331 e. The van der Waals surface area contributed by atoms with E-state index in [0.717, 1.165) is 25.8 Å². The molecule has 2 rings (SSSR count). The summed E-state index contributed by atoms with van der Waals surface area (Å²) < 4.78 is 1.55. The number of nitro groups is 1. The fraction of sp³-hybridized carbons (Fsp3) is 0.700. The molecule has 1 aromatic rings. The number of halogens is 2. The van der Waals surface area contributed by atoms with Crippen LogP contribution in [0.1, 0.15) is 19.3 Å². The molecule has 0 bridgehead atoms. The molecule has 0 aliphatic carbocycles. The molecule has 0 amide bonds. The number of nitrogens with zero attached hydrogens (tertiary/aromatic N) is 4. The van der Waals surface area contributed by atoms with E-state index < -0.39 is 4.92 Å². The van der Waals surface area contributed by atoms with Crippen LogP contribution in [0, 0.1) is 10.1 Å². The van der Waals surface area contributed by atoms with Crippen LogP contribution in [0.3, 0.4) is 0 Å². The third-order valence-electron chi connectivity index (χ3n) is 3.09. The number of hydrogen-bond donors (Lipinski definition) is 1. The first-order valence-electron chi connectivity index (χ1n) is 5.76. The lowest BCUT2D eigenvalue weighted by Gasteiger charge is -2.23. The predicted molar refractivity (Wildman–Crippen MR) is 78.4 cm³/mol. The van der Waals surface area contributed by atoms with E-state index in [1.165, 1.54) is 6.20 Å². The Kier molecular flexibility index (Phi) is 7.10. The molecule has 1 fully saturated rings. The first kappa shape index (κ1) is 17.9. The fourth-order valence-electron chi connectivity index (χ4n) is 2.28. The van der Waals surface area contributed by atoms with Gasteiger partial charge in [0.1, 0.15) is 6.20 Å². The standard InChI is InChI=1S/C10H17N5O2.2ClH/c1-13-10(9(6-12-13)15(16)17)14-5-3-2-4-8(11)7-14;;/h6,8H,2-5,7,11H2,1H3;2*1H/t8-;;/m1../s1. The number of rotatable bonds is 2. The largest absolute Gasteiger partial charge is 0.350 e. The summed E-state index contributed by atoms with van der Waals surface area (Å²) in [5, 5.41) is 14.9. The van der Waals surface area contributed by atoms with Gasteiger partial charge in [-0.05, 0) is 12.8 Å². The van der Waals surface area contributed by atoms with Crippen molar-refractivity contribution in [3.8, 4) is 0 Å². The monoisotopic (exact) mass is 311 g/mol. The lowest BCUT2D eigenvalue weighted by atomic mass is 10.2. The average molecular weight is 312 g/mol. The molecule has 0 saturated carbocycles. The molecule has 7 nitrogen and oxygen atoms in total. The third-order valence-corrected chi connectivity index (χ3v) is 3.09. The Morgan fingerprint density at radius 1 is 1.47 bits per heavy atom. The van der Waals surface area contributed by atoms with Gasteiger partial charge in [-0.2, -0.15) is 5.10 Å². The number of aromatic nitrogens is 2. The van der Waals surface area contributed by atoms with Gasteiger partial charge < -0.3 is 10.6 Å². The number of aryl methyl sites for hydroxylation is 1. The average Bonchev–Trinajstić information content (AvgIpc) is 2.52. The van der Waals surface area contributed by atoms with E-state index in [4.69, 9.17) is 5.73 Å². The molecule has 1 saturated heterocycles. The topological polar surface area (TPSA) is 90.2 Å². The Morgan fingerprint density at radius 3 is 2.79 bits per heavy atom. The number of hydrogen-bond acceptors (Lipinski definition) is 5. The molecule has 2 N–H and O–H groups in total. The molecule has 9 heteroatoms. The molecule has 110 valence electrons. The Morgan fingerprint density at radius 2 is 2.16 bits per heavy atom. The number of anilines is 1. The zero-order chi connectivity index (χ0) is 12.4. The molecular weight excluding hydrogens is 293 g/mol. The smallest absolute Gasteiger partial charge is 0.331 e. The SMILES string of the molecule is Cl.Cl.Cn1ncc([N+](=O)[O-])c1N1CCCC[C@@H](N)C1. The minimum Gasteiger partial charge on any atom is -0.350 e. The van der Waals surface area contributed by atoms with Gasteiger partial charge in [0.2, 0.25) is 5.82 Å². The molecule has 2 heterocycles. The van der Waals surface area contributed by atoms with Crippen LogP contribution in [0.5, 0.6) is 0 Å². The maximum absolute atomic E-state index is 10.9. The molecule has 0 unspecified atom stereocenters. The van der Waals surface area contributed by atoms with Crippen molar-refractivity contribution in [1.82, 2.24) is 9.78 Å². The van der Waals surface area contributed by atoms with Gasteiger partial charge in [-0.15, -0.1) is 24.8 Å². The van der Waals surface area contributed by atoms with Gasteiger partial charge >= 0.3 is 5.69 Å². The summed E-state index contributed by atoms with van der Waals surface area (Å²) in [4.78, 5) is 12.5. The molecule has 1 aliphatic rings. The van der Waals surface area contributed by atoms with Crippen molar-refractivity contribution in [2.75, 3.05) is 18.0 Å². The summed E-state index contributed by atoms with van der Waals surface area (Å²) in [6.07, 6.45) is 4.35. The first-order valence-corrected chi connectivity index (χ1v) is 5.76. The van der Waals surface area contributed by atoms with Gasteiger partial charge in [0.25, 0.3) is 0 Å². The normalized spacial score (nSPS) is 19.1. The summed E-state index contributed by atoms with van der Waals surface area (Å²) in [5.41, 5.74) is 6.02. The van der Waals surface area contributed by atoms with Crippen LogP contribution >= 0.6 is 24.8 Å². The Bertz CT molecular complexity index is 426. The highest BCUT2D eigenvalue weighted by Gasteiger charge is 2.26. The molecule has 1 aromatic heterocycles. The maximum atomic E-state index is 10.9. The van der Waals surface area contributed by atoms with Crippen molar-refractivity contribution in [1.29, 1.82) is 0 Å². The summed E-state index contributed by atoms with van der Waals surface area (Å²) in [5.74, 6) is 0.562. The summed E-state index contributed by atoms with van der Waals surface area (Å²) in [6, 6.07) is 0.0759. The van der Waals surface area contributed by atoms with Crippen LogP contribution in [0.15, 0.2) is 6.20 Å². The van der Waals surface area contributed by atoms with E-state index in [1.54, 1.807) is 11.7 Å². The Balaban J connectivity index is 0.00000162. The quantitative estimate of drug-likeness (QED) is 0.660. The molecule has 1 aliphatic heterocycles. The highest BCUT2D eigenvalue weighted by atomic mass is 35.5. The zero-order valence-electron chi connectivity index (χ0n) is 10.7. The van der Waals surface area contributed by atoms with Gasteiger partial charge in [0.15, 0.2) is 0 Å². The van der Waals surface area contributed by atoms with Crippen LogP contribution in [-0.4, -0.2) is 33.8 Å². The second kappa shape index (κ2) is 7.52. The van der Waals surface area contributed by atoms with Crippen LogP contribution in [0.2, 0.25) is 0 Å². The van der Waals surface area contributed by atoms with Gasteiger partial charge in [-0.1, -0.05) is 6.42 Å². The van der Waals surface area contributed by atoms with Crippen LogP contribution < -0.4 is 10.6 Å². The van der Waals surface area contributed by atoms with Crippen molar-refractivity contribution < 1.29 is 4.92 Å². The van der Waals surface area contributed by atoms with E-state index in [9.17, 15) is 10.1 Å². The summed E-state index contributed by atoms with van der Waals surface area (Å²) in [6.45, 7) is 1.45. The van der Waals surface area contributed by atoms with E-state index in [0.29, 0.717) is 12.4 Å². The summed E-state index contributed by atoms with van der Waals surface area (Å²) in [7, 11) is 1.72. The zero-order valence-corrected chi connectivity index (χ0v) is 12.3. The molecule has 0 aromatic carbocycles. The second-order valence-electron chi connectivity index (χ2n) is 4.44. The first-order chi connectivity index (χ1) is 8.09. The highest BCUT2D eigenvalue weighted by Crippen LogP contribution is 2.28. The van der Waals surface area contributed by atoms with Gasteiger partial charge in [-0.3, -0.25) is 10.1 Å². The second-order valence-corrected chi connectivity index (χ2v) is 4.44. The fourth-order valence-corrected chi connectivity index (χ4v) is 2.28. The van der Waals surface area contributed by atoms with E-state index >= 15 is 0 Å². The van der Waals surface area contributed by atoms with Crippen molar-refractivity contribution >= 4 is 36.3 Å². The Hall–Kier alpha value is -1.05. The van der Waals surface area contributed by atoms with Gasteiger partial charge in [0.05, 0.1) is 4.92 Å². The molecule has 0 spiro atoms. The van der Waals surface area contributed by atoms with Crippen LogP contribution in [0.25, 0.3) is 0 Å². The van der Waals surface area contributed by atoms with E-state index in [1.807, 2.05) is 4.90 Å². The van der Waals surface area contributed by atoms with Crippen molar-refractivity contribution in [3.63, 3.8) is 0 Å².